The summed E-state index contributed by atoms with van der Waals surface area (Å²) < 4.78 is 0. The topological polar surface area (TPSA) is 50.7 Å². The summed E-state index contributed by atoms with van der Waals surface area (Å²) in [6, 6.07) is 3.96. The Morgan fingerprint density at radius 2 is 1.94 bits per heavy atom. The van der Waals surface area contributed by atoms with Gasteiger partial charge in [-0.2, -0.15) is 0 Å². The smallest absolute Gasteiger partial charge is 0.155 e. The minimum Gasteiger partial charge on any atom is -0.363 e. The first-order valence-corrected chi connectivity index (χ1v) is 6.11. The summed E-state index contributed by atoms with van der Waals surface area (Å²) in [6.07, 6.45) is 1.79. The summed E-state index contributed by atoms with van der Waals surface area (Å²) in [5.41, 5.74) is 4.13. The largest absolute Gasteiger partial charge is 0.363 e. The molecule has 0 radical (unpaired) electrons. The monoisotopic (exact) mass is 262 g/mol. The number of anilines is 1. The van der Waals surface area contributed by atoms with E-state index in [1.807, 2.05) is 32.9 Å². The van der Waals surface area contributed by atoms with Gasteiger partial charge in [0.05, 0.1) is 12.2 Å². The van der Waals surface area contributed by atoms with E-state index in [4.69, 9.17) is 11.6 Å². The van der Waals surface area contributed by atoms with Gasteiger partial charge >= 0.3 is 0 Å². The lowest BCUT2D eigenvalue weighted by atomic mass is 10.2. The summed E-state index contributed by atoms with van der Waals surface area (Å²) in [4.78, 5) is 4.33. The van der Waals surface area contributed by atoms with Gasteiger partial charge in [0.2, 0.25) is 0 Å². The van der Waals surface area contributed by atoms with E-state index in [0.717, 1.165) is 28.2 Å². The summed E-state index contributed by atoms with van der Waals surface area (Å²) in [6.45, 7) is 6.58. The predicted molar refractivity (Wildman–Crippen MR) is 72.8 cm³/mol. The highest BCUT2D eigenvalue weighted by molar-refractivity contribution is 6.30. The van der Waals surface area contributed by atoms with Gasteiger partial charge in [-0.3, -0.25) is 4.98 Å². The Labute approximate surface area is 111 Å². The first kappa shape index (κ1) is 12.8. The van der Waals surface area contributed by atoms with Gasteiger partial charge in [0.15, 0.2) is 11.0 Å². The number of aromatic nitrogens is 3. The molecule has 0 saturated carbocycles. The molecule has 0 atom stereocenters. The van der Waals surface area contributed by atoms with Gasteiger partial charge in [0, 0.05) is 6.20 Å². The third-order valence-electron chi connectivity index (χ3n) is 3.01. The van der Waals surface area contributed by atoms with Crippen LogP contribution in [0.2, 0.25) is 5.15 Å². The van der Waals surface area contributed by atoms with E-state index in [-0.39, 0.29) is 0 Å². The van der Waals surface area contributed by atoms with Crippen molar-refractivity contribution in [1.29, 1.82) is 0 Å². The Kier molecular flexibility index (Phi) is 3.77. The van der Waals surface area contributed by atoms with Crippen LogP contribution in [-0.2, 0) is 6.54 Å². The third kappa shape index (κ3) is 2.59. The molecule has 0 spiro atoms. The van der Waals surface area contributed by atoms with E-state index in [0.29, 0.717) is 11.7 Å². The molecule has 2 rings (SSSR count). The lowest BCUT2D eigenvalue weighted by molar-refractivity contribution is 0.948. The van der Waals surface area contributed by atoms with Gasteiger partial charge in [-0.25, -0.2) is 0 Å². The number of aryl methyl sites for hydroxylation is 1. The first-order chi connectivity index (χ1) is 8.59. The minimum atomic E-state index is 0.451. The van der Waals surface area contributed by atoms with Crippen LogP contribution < -0.4 is 5.32 Å². The molecule has 18 heavy (non-hydrogen) atoms. The second-order valence-corrected chi connectivity index (χ2v) is 4.57. The Morgan fingerprint density at radius 1 is 1.17 bits per heavy atom. The van der Waals surface area contributed by atoms with Crippen LogP contribution in [0.25, 0.3) is 0 Å². The Hall–Kier alpha value is -1.68. The highest BCUT2D eigenvalue weighted by atomic mass is 35.5. The van der Waals surface area contributed by atoms with Crippen LogP contribution in [0, 0.1) is 20.8 Å². The minimum absolute atomic E-state index is 0.451. The van der Waals surface area contributed by atoms with Crippen molar-refractivity contribution in [3.63, 3.8) is 0 Å². The molecule has 0 bridgehead atoms. The fraction of sp³-hybridized carbons (Fsp3) is 0.308. The Balaban J connectivity index is 2.17. The molecule has 94 valence electrons. The average Bonchev–Trinajstić information content (AvgIpc) is 2.37. The zero-order valence-corrected chi connectivity index (χ0v) is 11.4. The molecule has 5 heteroatoms. The highest BCUT2D eigenvalue weighted by Crippen LogP contribution is 2.21. The van der Waals surface area contributed by atoms with Crippen LogP contribution >= 0.6 is 11.6 Å². The van der Waals surface area contributed by atoms with Gasteiger partial charge < -0.3 is 5.32 Å². The Morgan fingerprint density at radius 3 is 2.67 bits per heavy atom. The molecule has 1 N–H and O–H groups in total. The predicted octanol–water partition coefficient (Wildman–Crippen LogP) is 3.06. The van der Waals surface area contributed by atoms with Crippen molar-refractivity contribution in [3.05, 3.63) is 45.9 Å². The standard InChI is InChI=1S/C13H15ClN4/c1-8-5-4-6-15-11(8)7-16-13-10(3)9(2)12(14)17-18-13/h4-6H,7H2,1-3H3,(H,16,18). The van der Waals surface area contributed by atoms with E-state index < -0.39 is 0 Å². The molecule has 0 aliphatic carbocycles. The average molecular weight is 263 g/mol. The van der Waals surface area contributed by atoms with E-state index in [1.54, 1.807) is 6.20 Å². The fourth-order valence-electron chi connectivity index (χ4n) is 1.62. The molecule has 0 amide bonds. The Bertz CT molecular complexity index is 569. The van der Waals surface area contributed by atoms with Crippen molar-refractivity contribution >= 4 is 17.4 Å². The summed E-state index contributed by atoms with van der Waals surface area (Å²) in [5.74, 6) is 0.752. The third-order valence-corrected chi connectivity index (χ3v) is 3.37. The van der Waals surface area contributed by atoms with Crippen molar-refractivity contribution in [3.8, 4) is 0 Å². The lowest BCUT2D eigenvalue weighted by Gasteiger charge is -2.11. The van der Waals surface area contributed by atoms with Crippen LogP contribution in [-0.4, -0.2) is 15.2 Å². The van der Waals surface area contributed by atoms with E-state index in [9.17, 15) is 0 Å². The van der Waals surface area contributed by atoms with Crippen LogP contribution in [0.5, 0.6) is 0 Å². The second-order valence-electron chi connectivity index (χ2n) is 4.21. The van der Waals surface area contributed by atoms with Gasteiger partial charge in [-0.15, -0.1) is 10.2 Å². The molecular formula is C13H15ClN4. The highest BCUT2D eigenvalue weighted by Gasteiger charge is 2.08. The maximum atomic E-state index is 5.91. The molecule has 0 unspecified atom stereocenters. The zero-order chi connectivity index (χ0) is 13.1. The fourth-order valence-corrected chi connectivity index (χ4v) is 1.79. The van der Waals surface area contributed by atoms with Crippen LogP contribution in [0.3, 0.4) is 0 Å². The first-order valence-electron chi connectivity index (χ1n) is 5.73. The summed E-state index contributed by atoms with van der Waals surface area (Å²) >= 11 is 5.91. The number of hydrogen-bond acceptors (Lipinski definition) is 4. The second kappa shape index (κ2) is 5.31. The van der Waals surface area contributed by atoms with Crippen molar-refractivity contribution in [2.45, 2.75) is 27.3 Å². The van der Waals surface area contributed by atoms with Crippen molar-refractivity contribution in [2.24, 2.45) is 0 Å². The van der Waals surface area contributed by atoms with Crippen molar-refractivity contribution < 1.29 is 0 Å². The SMILES string of the molecule is Cc1cccnc1CNc1nnc(Cl)c(C)c1C. The van der Waals surface area contributed by atoms with Gasteiger partial charge in [-0.1, -0.05) is 17.7 Å². The van der Waals surface area contributed by atoms with Crippen molar-refractivity contribution in [1.82, 2.24) is 15.2 Å². The normalized spacial score (nSPS) is 10.4. The molecule has 0 fully saturated rings. The summed E-state index contributed by atoms with van der Waals surface area (Å²) in [7, 11) is 0. The van der Waals surface area contributed by atoms with Gasteiger partial charge in [0.25, 0.3) is 0 Å². The molecule has 2 aromatic heterocycles. The zero-order valence-electron chi connectivity index (χ0n) is 10.7. The van der Waals surface area contributed by atoms with Crippen LogP contribution in [0.4, 0.5) is 5.82 Å². The van der Waals surface area contributed by atoms with Crippen LogP contribution in [0.15, 0.2) is 18.3 Å². The number of nitrogens with zero attached hydrogens (tertiary/aromatic N) is 3. The lowest BCUT2D eigenvalue weighted by Crippen LogP contribution is -2.08. The molecule has 0 aromatic carbocycles. The van der Waals surface area contributed by atoms with Gasteiger partial charge in [-0.05, 0) is 43.5 Å². The number of rotatable bonds is 3. The molecular weight excluding hydrogens is 248 g/mol. The van der Waals surface area contributed by atoms with E-state index in [1.165, 1.54) is 0 Å². The van der Waals surface area contributed by atoms with Gasteiger partial charge in [0.1, 0.15) is 0 Å². The number of nitrogens with one attached hydrogen (secondary N) is 1. The van der Waals surface area contributed by atoms with E-state index >= 15 is 0 Å². The quantitative estimate of drug-likeness (QED) is 0.924. The molecule has 0 aliphatic heterocycles. The molecule has 0 aliphatic rings. The molecule has 4 nitrogen and oxygen atoms in total. The molecule has 2 aromatic rings. The summed E-state index contributed by atoms with van der Waals surface area (Å²) in [5, 5.41) is 11.7. The van der Waals surface area contributed by atoms with Crippen LogP contribution in [0.1, 0.15) is 22.4 Å². The maximum absolute atomic E-state index is 5.91. The van der Waals surface area contributed by atoms with Crippen molar-refractivity contribution in [2.75, 3.05) is 5.32 Å². The number of halogens is 1. The molecule has 2 heterocycles. The number of hydrogen-bond donors (Lipinski definition) is 1. The van der Waals surface area contributed by atoms with E-state index in [2.05, 4.69) is 20.5 Å². The number of pyridine rings is 1. The molecule has 0 saturated heterocycles. The maximum Gasteiger partial charge on any atom is 0.155 e.